The lowest BCUT2D eigenvalue weighted by atomic mass is 9.94. The number of amides is 2. The predicted octanol–water partition coefficient (Wildman–Crippen LogP) is 7.11. The molecular formula is C27H31F6N2O6+. The Morgan fingerprint density at radius 3 is 1.93 bits per heavy atom. The third kappa shape index (κ3) is 6.16. The van der Waals surface area contributed by atoms with Crippen LogP contribution in [0.3, 0.4) is 0 Å². The number of carbonyl (C=O) groups excluding carboxylic acids is 2. The molecule has 1 aliphatic heterocycles. The number of aryl methyl sites for hydroxylation is 1. The van der Waals surface area contributed by atoms with E-state index in [-0.39, 0.29) is 23.9 Å². The van der Waals surface area contributed by atoms with Gasteiger partial charge >= 0.3 is 24.5 Å². The highest BCUT2D eigenvalue weighted by atomic mass is 19.4. The van der Waals surface area contributed by atoms with E-state index in [1.165, 1.54) is 20.3 Å². The van der Waals surface area contributed by atoms with Gasteiger partial charge < -0.3 is 18.9 Å². The minimum Gasteiger partial charge on any atom is -0.493 e. The summed E-state index contributed by atoms with van der Waals surface area (Å²) in [4.78, 5) is 27.4. The topological polar surface area (TPSA) is 74.3 Å². The normalized spacial score (nSPS) is 18.9. The molecule has 1 aliphatic rings. The van der Waals surface area contributed by atoms with Crippen molar-refractivity contribution in [2.24, 2.45) is 0 Å². The maximum Gasteiger partial charge on any atom is 0.547 e. The molecule has 0 bridgehead atoms. The van der Waals surface area contributed by atoms with Crippen LogP contribution in [0.4, 0.5) is 41.6 Å². The molecule has 1 heterocycles. The van der Waals surface area contributed by atoms with E-state index in [1.54, 1.807) is 26.8 Å². The SMILES string of the molecule is COC(=O)N(Cc1cc(C(F)(F)F)cc(C(F)(F)F)c1)[N+]1(C(=O)OC(C)C)c2cc(OC)c(OC)cc2CCC1C. The first-order valence-corrected chi connectivity index (χ1v) is 12.5. The third-order valence-corrected chi connectivity index (χ3v) is 6.78. The molecule has 2 amide bonds. The number of hydrogen-bond donors (Lipinski definition) is 0. The van der Waals surface area contributed by atoms with Gasteiger partial charge in [0, 0.05) is 18.1 Å². The average molecular weight is 594 g/mol. The standard InChI is InChI=1S/C27H31F6N2O6/c1-15(2)41-25(37)35(16(3)7-8-18-11-22(38-4)23(39-5)13-21(18)35)34(24(36)40-6)14-17-9-19(26(28,29)30)12-20(10-17)27(31,32)33/h9-13,15-16H,7-8,14H2,1-6H3/q+1. The molecular weight excluding hydrogens is 562 g/mol. The zero-order valence-electron chi connectivity index (χ0n) is 23.3. The number of hydrogen-bond acceptors (Lipinski definition) is 6. The van der Waals surface area contributed by atoms with Crippen LogP contribution in [0.25, 0.3) is 0 Å². The van der Waals surface area contributed by atoms with Crippen molar-refractivity contribution >= 4 is 17.9 Å². The number of carbonyl (C=O) groups is 2. The van der Waals surface area contributed by atoms with Crippen molar-refractivity contribution in [3.05, 3.63) is 52.6 Å². The first-order chi connectivity index (χ1) is 19.0. The largest absolute Gasteiger partial charge is 0.547 e. The predicted molar refractivity (Wildman–Crippen MR) is 135 cm³/mol. The number of rotatable bonds is 5. The molecule has 0 N–H and O–H groups in total. The van der Waals surface area contributed by atoms with E-state index < -0.39 is 64.5 Å². The third-order valence-electron chi connectivity index (χ3n) is 6.78. The second kappa shape index (κ2) is 11.7. The van der Waals surface area contributed by atoms with Crippen molar-refractivity contribution in [3.8, 4) is 11.5 Å². The van der Waals surface area contributed by atoms with Crippen molar-refractivity contribution in [2.75, 3.05) is 21.3 Å². The van der Waals surface area contributed by atoms with Crippen LogP contribution in [0.2, 0.25) is 0 Å². The highest BCUT2D eigenvalue weighted by Crippen LogP contribution is 2.46. The van der Waals surface area contributed by atoms with Gasteiger partial charge in [-0.05, 0) is 57.0 Å². The Hall–Kier alpha value is -3.68. The summed E-state index contributed by atoms with van der Waals surface area (Å²) in [5.41, 5.74) is -2.98. The lowest BCUT2D eigenvalue weighted by Gasteiger charge is -2.47. The fraction of sp³-hybridized carbons (Fsp3) is 0.481. The van der Waals surface area contributed by atoms with Crippen LogP contribution in [0.1, 0.15) is 49.4 Å². The molecule has 2 unspecified atom stereocenters. The highest BCUT2D eigenvalue weighted by Gasteiger charge is 2.58. The minimum absolute atomic E-state index is 0.0146. The smallest absolute Gasteiger partial charge is 0.493 e. The summed E-state index contributed by atoms with van der Waals surface area (Å²) < 4.78 is 102. The van der Waals surface area contributed by atoms with Gasteiger partial charge in [0.25, 0.3) is 0 Å². The van der Waals surface area contributed by atoms with Gasteiger partial charge in [0.1, 0.15) is 18.7 Å². The van der Waals surface area contributed by atoms with Crippen molar-refractivity contribution < 1.29 is 54.9 Å². The number of methoxy groups -OCH3 is 3. The summed E-state index contributed by atoms with van der Waals surface area (Å²) in [6, 6.07) is 3.24. The van der Waals surface area contributed by atoms with Crippen LogP contribution in [0.15, 0.2) is 30.3 Å². The minimum atomic E-state index is -5.12. The Kier molecular flexibility index (Phi) is 9.06. The van der Waals surface area contributed by atoms with Gasteiger partial charge in [0.15, 0.2) is 17.2 Å². The van der Waals surface area contributed by atoms with E-state index >= 15 is 0 Å². The van der Waals surface area contributed by atoms with E-state index in [2.05, 4.69) is 0 Å². The lowest BCUT2D eigenvalue weighted by molar-refractivity contribution is -0.143. The fourth-order valence-electron chi connectivity index (χ4n) is 4.94. The molecule has 2 aromatic rings. The Morgan fingerprint density at radius 1 is 0.927 bits per heavy atom. The summed E-state index contributed by atoms with van der Waals surface area (Å²) in [7, 11) is 3.73. The van der Waals surface area contributed by atoms with Crippen molar-refractivity contribution in [1.29, 1.82) is 0 Å². The van der Waals surface area contributed by atoms with Crippen molar-refractivity contribution in [2.45, 2.75) is 64.7 Å². The van der Waals surface area contributed by atoms with E-state index in [9.17, 15) is 35.9 Å². The number of ether oxygens (including phenoxy) is 4. The maximum atomic E-state index is 14.0. The van der Waals surface area contributed by atoms with Crippen LogP contribution in [-0.2, 0) is 34.8 Å². The monoisotopic (exact) mass is 593 g/mol. The van der Waals surface area contributed by atoms with Crippen LogP contribution >= 0.6 is 0 Å². The lowest BCUT2D eigenvalue weighted by Crippen LogP contribution is -2.72. The first-order valence-electron chi connectivity index (χ1n) is 12.5. The number of quaternary nitrogens is 1. The molecule has 8 nitrogen and oxygen atoms in total. The summed E-state index contributed by atoms with van der Waals surface area (Å²) in [6.45, 7) is 3.86. The Balaban J connectivity index is 2.38. The van der Waals surface area contributed by atoms with E-state index in [4.69, 9.17) is 18.9 Å². The van der Waals surface area contributed by atoms with Gasteiger partial charge in [-0.25, -0.2) is 4.79 Å². The zero-order chi connectivity index (χ0) is 30.9. The molecule has 0 saturated heterocycles. The molecule has 0 aromatic heterocycles. The van der Waals surface area contributed by atoms with E-state index in [1.807, 2.05) is 0 Å². The quantitative estimate of drug-likeness (QED) is 0.272. The first kappa shape index (κ1) is 31.8. The molecule has 0 spiro atoms. The molecule has 0 radical (unpaired) electrons. The molecule has 14 heteroatoms. The van der Waals surface area contributed by atoms with Gasteiger partial charge in [-0.2, -0.15) is 31.1 Å². The van der Waals surface area contributed by atoms with Crippen LogP contribution in [0.5, 0.6) is 11.5 Å². The molecule has 0 saturated carbocycles. The number of nitrogens with zero attached hydrogens (tertiary/aromatic N) is 2. The molecule has 226 valence electrons. The van der Waals surface area contributed by atoms with Gasteiger partial charge in [-0.3, -0.25) is 0 Å². The zero-order valence-corrected chi connectivity index (χ0v) is 23.3. The summed E-state index contributed by atoms with van der Waals surface area (Å²) in [6.07, 6.45) is -12.4. The second-order valence-corrected chi connectivity index (χ2v) is 9.78. The number of halogens is 6. The number of fused-ring (bicyclic) bond motifs is 1. The van der Waals surface area contributed by atoms with Crippen LogP contribution < -0.4 is 14.1 Å². The van der Waals surface area contributed by atoms with Gasteiger partial charge in [0.2, 0.25) is 0 Å². The molecule has 2 aromatic carbocycles. The average Bonchev–Trinajstić information content (AvgIpc) is 2.89. The van der Waals surface area contributed by atoms with Crippen molar-refractivity contribution in [1.82, 2.24) is 9.60 Å². The van der Waals surface area contributed by atoms with Gasteiger partial charge in [-0.15, -0.1) is 5.01 Å². The van der Waals surface area contributed by atoms with Crippen LogP contribution in [-0.4, -0.2) is 50.7 Å². The number of benzene rings is 2. The van der Waals surface area contributed by atoms with Gasteiger partial charge in [0.05, 0.1) is 32.5 Å². The van der Waals surface area contributed by atoms with Crippen molar-refractivity contribution in [3.63, 3.8) is 0 Å². The Labute approximate surface area is 232 Å². The molecule has 0 fully saturated rings. The summed E-state index contributed by atoms with van der Waals surface area (Å²) >= 11 is 0. The number of alkyl halides is 6. The molecule has 2 atom stereocenters. The molecule has 0 aliphatic carbocycles. The summed E-state index contributed by atoms with van der Waals surface area (Å²) in [5, 5.41) is 0.773. The fourth-order valence-corrected chi connectivity index (χ4v) is 4.94. The Morgan fingerprint density at radius 2 is 1.46 bits per heavy atom. The molecule has 41 heavy (non-hydrogen) atoms. The Bertz CT molecular complexity index is 1260. The molecule has 3 rings (SSSR count). The van der Waals surface area contributed by atoms with E-state index in [0.29, 0.717) is 29.9 Å². The second-order valence-electron chi connectivity index (χ2n) is 9.78. The van der Waals surface area contributed by atoms with E-state index in [0.717, 1.165) is 12.1 Å². The van der Waals surface area contributed by atoms with Crippen LogP contribution in [0, 0.1) is 0 Å². The highest BCUT2D eigenvalue weighted by molar-refractivity contribution is 5.88. The van der Waals surface area contributed by atoms with Gasteiger partial charge in [-0.1, -0.05) is 4.59 Å². The maximum absolute atomic E-state index is 14.0. The summed E-state index contributed by atoms with van der Waals surface area (Å²) in [5.74, 6) is 0.483.